The Labute approximate surface area is 113 Å². The lowest BCUT2D eigenvalue weighted by Gasteiger charge is -2.23. The second-order valence-electron chi connectivity index (χ2n) is 5.08. The van der Waals surface area contributed by atoms with Gasteiger partial charge >= 0.3 is 0 Å². The third kappa shape index (κ3) is 2.14. The van der Waals surface area contributed by atoms with E-state index >= 15 is 0 Å². The molecule has 0 saturated carbocycles. The average Bonchev–Trinajstić information content (AvgIpc) is 2.78. The molecule has 0 N–H and O–H groups in total. The highest BCUT2D eigenvalue weighted by molar-refractivity contribution is 5.42. The molecule has 94 valence electrons. The zero-order valence-electron chi connectivity index (χ0n) is 11.0. The van der Waals surface area contributed by atoms with Gasteiger partial charge in [-0.15, -0.1) is 0 Å². The maximum atomic E-state index is 9.02. The van der Waals surface area contributed by atoms with Gasteiger partial charge in [-0.05, 0) is 23.6 Å². The maximum Gasteiger partial charge on any atom is 0.0876 e. The fraction of sp³-hybridized carbons (Fsp3) is 0.235. The van der Waals surface area contributed by atoms with Gasteiger partial charge in [0, 0.05) is 6.54 Å². The summed E-state index contributed by atoms with van der Waals surface area (Å²) in [6.07, 6.45) is 0. The van der Waals surface area contributed by atoms with Crippen LogP contribution < -0.4 is 0 Å². The van der Waals surface area contributed by atoms with Crippen LogP contribution in [0.1, 0.15) is 28.3 Å². The Morgan fingerprint density at radius 1 is 1.16 bits per heavy atom. The molecule has 0 spiro atoms. The lowest BCUT2D eigenvalue weighted by molar-refractivity contribution is 0.275. The summed E-state index contributed by atoms with van der Waals surface area (Å²) in [5.74, 6) is 0. The van der Waals surface area contributed by atoms with E-state index in [1.54, 1.807) is 0 Å². The van der Waals surface area contributed by atoms with Gasteiger partial charge in [0.15, 0.2) is 0 Å². The van der Waals surface area contributed by atoms with Gasteiger partial charge in [0.1, 0.15) is 0 Å². The van der Waals surface area contributed by atoms with Crippen LogP contribution in [0.25, 0.3) is 0 Å². The van der Waals surface area contributed by atoms with Crippen LogP contribution >= 0.6 is 0 Å². The minimum Gasteiger partial charge on any atom is -0.275 e. The van der Waals surface area contributed by atoms with E-state index in [0.717, 1.165) is 6.54 Å². The molecule has 1 heterocycles. The van der Waals surface area contributed by atoms with E-state index in [-0.39, 0.29) is 6.04 Å². The maximum absolute atomic E-state index is 9.02. The fourth-order valence-electron chi connectivity index (χ4n) is 2.83. The van der Waals surface area contributed by atoms with Gasteiger partial charge in [0.2, 0.25) is 0 Å². The number of rotatable bonds is 2. The molecule has 0 aliphatic carbocycles. The van der Waals surface area contributed by atoms with E-state index in [0.29, 0.717) is 6.54 Å². The summed E-state index contributed by atoms with van der Waals surface area (Å²) in [5, 5.41) is 9.02. The Morgan fingerprint density at radius 2 is 1.89 bits per heavy atom. The van der Waals surface area contributed by atoms with Gasteiger partial charge < -0.3 is 0 Å². The van der Waals surface area contributed by atoms with Crippen molar-refractivity contribution >= 4 is 0 Å². The number of fused-ring (bicyclic) bond motifs is 1. The third-order valence-electron chi connectivity index (χ3n) is 3.76. The van der Waals surface area contributed by atoms with Crippen LogP contribution in [0.15, 0.2) is 48.5 Å². The van der Waals surface area contributed by atoms with Crippen LogP contribution in [-0.4, -0.2) is 11.4 Å². The van der Waals surface area contributed by atoms with Crippen molar-refractivity contribution < 1.29 is 0 Å². The number of hydrogen-bond acceptors (Lipinski definition) is 2. The second kappa shape index (κ2) is 4.87. The molecule has 1 aliphatic heterocycles. The van der Waals surface area contributed by atoms with Gasteiger partial charge in [0.05, 0.1) is 18.7 Å². The summed E-state index contributed by atoms with van der Waals surface area (Å²) in [7, 11) is 0. The summed E-state index contributed by atoms with van der Waals surface area (Å²) in [6.45, 7) is 3.43. The largest absolute Gasteiger partial charge is 0.275 e. The Kier molecular flexibility index (Phi) is 3.06. The lowest BCUT2D eigenvalue weighted by Crippen LogP contribution is -2.23. The smallest absolute Gasteiger partial charge is 0.0876 e. The molecule has 1 unspecified atom stereocenters. The minimum absolute atomic E-state index is 0.219. The van der Waals surface area contributed by atoms with Crippen molar-refractivity contribution in [3.8, 4) is 6.07 Å². The summed E-state index contributed by atoms with van der Waals surface area (Å²) in [4.78, 5) is 2.23. The normalized spacial score (nSPS) is 18.0. The third-order valence-corrected chi connectivity index (χ3v) is 3.76. The molecule has 0 bridgehead atoms. The number of benzene rings is 2. The molecular formula is C17H16N2. The van der Waals surface area contributed by atoms with E-state index in [9.17, 15) is 0 Å². The van der Waals surface area contributed by atoms with Crippen LogP contribution in [0.2, 0.25) is 0 Å². The number of nitriles is 1. The summed E-state index contributed by atoms with van der Waals surface area (Å²) in [5.41, 5.74) is 5.21. The van der Waals surface area contributed by atoms with Crippen molar-refractivity contribution in [2.75, 3.05) is 6.54 Å². The molecule has 0 fully saturated rings. The molecule has 19 heavy (non-hydrogen) atoms. The second-order valence-corrected chi connectivity index (χ2v) is 5.08. The summed E-state index contributed by atoms with van der Waals surface area (Å²) >= 11 is 0. The molecule has 0 amide bonds. The first-order valence-electron chi connectivity index (χ1n) is 6.55. The van der Waals surface area contributed by atoms with E-state index in [4.69, 9.17) is 5.26 Å². The highest BCUT2D eigenvalue weighted by Gasteiger charge is 2.30. The predicted molar refractivity (Wildman–Crippen MR) is 75.5 cm³/mol. The fourth-order valence-corrected chi connectivity index (χ4v) is 2.83. The first-order valence-corrected chi connectivity index (χ1v) is 6.55. The molecule has 2 aromatic carbocycles. The SMILES string of the molecule is Cc1ccc(C2c3ccccc3CN2CC#N)cc1. The molecule has 2 nitrogen and oxygen atoms in total. The van der Waals surface area contributed by atoms with Gasteiger partial charge in [-0.2, -0.15) is 5.26 Å². The molecule has 3 rings (SSSR count). The highest BCUT2D eigenvalue weighted by atomic mass is 15.2. The standard InChI is InChI=1S/C17H16N2/c1-13-6-8-14(9-7-13)17-16-5-3-2-4-15(16)12-19(17)11-10-18/h2-9,17H,11-12H2,1H3. The summed E-state index contributed by atoms with van der Waals surface area (Å²) < 4.78 is 0. The van der Waals surface area contributed by atoms with E-state index in [1.165, 1.54) is 22.3 Å². The molecule has 2 aromatic rings. The zero-order chi connectivity index (χ0) is 13.2. The van der Waals surface area contributed by atoms with Crippen LogP contribution in [0.5, 0.6) is 0 Å². The van der Waals surface area contributed by atoms with Crippen molar-refractivity contribution in [1.29, 1.82) is 5.26 Å². The van der Waals surface area contributed by atoms with E-state index < -0.39 is 0 Å². The van der Waals surface area contributed by atoms with Gasteiger partial charge in [-0.25, -0.2) is 0 Å². The summed E-state index contributed by atoms with van der Waals surface area (Å²) in [6, 6.07) is 19.6. The van der Waals surface area contributed by atoms with Crippen molar-refractivity contribution in [2.24, 2.45) is 0 Å². The Hall–Kier alpha value is -2.11. The zero-order valence-corrected chi connectivity index (χ0v) is 11.0. The quantitative estimate of drug-likeness (QED) is 0.761. The van der Waals surface area contributed by atoms with Crippen LogP contribution in [0.4, 0.5) is 0 Å². The van der Waals surface area contributed by atoms with E-state index in [1.807, 2.05) is 0 Å². The van der Waals surface area contributed by atoms with Crippen molar-refractivity contribution in [3.63, 3.8) is 0 Å². The topological polar surface area (TPSA) is 27.0 Å². The van der Waals surface area contributed by atoms with Gasteiger partial charge in [0.25, 0.3) is 0 Å². The minimum atomic E-state index is 0.219. The number of aryl methyl sites for hydroxylation is 1. The Bertz CT molecular complexity index is 622. The van der Waals surface area contributed by atoms with Crippen molar-refractivity contribution in [3.05, 3.63) is 70.8 Å². The molecule has 2 heteroatoms. The highest BCUT2D eigenvalue weighted by Crippen LogP contribution is 2.37. The average molecular weight is 248 g/mol. The van der Waals surface area contributed by atoms with Gasteiger partial charge in [-0.1, -0.05) is 54.1 Å². The molecule has 0 aromatic heterocycles. The molecular weight excluding hydrogens is 232 g/mol. The molecule has 1 aliphatic rings. The number of nitrogens with zero attached hydrogens (tertiary/aromatic N) is 2. The Morgan fingerprint density at radius 3 is 2.63 bits per heavy atom. The van der Waals surface area contributed by atoms with Crippen molar-refractivity contribution in [1.82, 2.24) is 4.90 Å². The van der Waals surface area contributed by atoms with Gasteiger partial charge in [-0.3, -0.25) is 4.90 Å². The predicted octanol–water partition coefficient (Wildman–Crippen LogP) is 3.42. The lowest BCUT2D eigenvalue weighted by atomic mass is 9.97. The molecule has 0 radical (unpaired) electrons. The van der Waals surface area contributed by atoms with Crippen LogP contribution in [0, 0.1) is 18.3 Å². The molecule has 0 saturated heterocycles. The molecule has 1 atom stereocenters. The van der Waals surface area contributed by atoms with Crippen LogP contribution in [-0.2, 0) is 6.54 Å². The van der Waals surface area contributed by atoms with Crippen LogP contribution in [0.3, 0.4) is 0 Å². The first kappa shape index (κ1) is 12.0. The monoisotopic (exact) mass is 248 g/mol. The van der Waals surface area contributed by atoms with Crippen molar-refractivity contribution in [2.45, 2.75) is 19.5 Å². The van der Waals surface area contributed by atoms with E-state index in [2.05, 4.69) is 66.4 Å². The number of hydrogen-bond donors (Lipinski definition) is 0. The first-order chi connectivity index (χ1) is 9.29. The Balaban J connectivity index is 2.05.